The van der Waals surface area contributed by atoms with E-state index in [2.05, 4.69) is 0 Å². The average molecular weight is 235 g/mol. The van der Waals surface area contributed by atoms with E-state index in [1.54, 1.807) is 6.07 Å². The van der Waals surface area contributed by atoms with Gasteiger partial charge < -0.3 is 15.6 Å². The molecule has 0 radical (unpaired) electrons. The van der Waals surface area contributed by atoms with E-state index in [1.807, 2.05) is 18.2 Å². The van der Waals surface area contributed by atoms with Gasteiger partial charge in [-0.25, -0.2) is 0 Å². The lowest BCUT2D eigenvalue weighted by molar-refractivity contribution is 0.0215. The van der Waals surface area contributed by atoms with Gasteiger partial charge in [0.05, 0.1) is 6.61 Å². The topological polar surface area (TPSA) is 55.5 Å². The lowest BCUT2D eigenvalue weighted by atomic mass is 10.1. The molecule has 0 spiro atoms. The number of aliphatic hydroxyl groups is 1. The first-order valence-corrected chi connectivity index (χ1v) is 6.37. The SMILES string of the molecule is Nc1ccccc1C(O)COCC1CCCC1. The van der Waals surface area contributed by atoms with Crippen molar-refractivity contribution in [3.63, 3.8) is 0 Å². The largest absolute Gasteiger partial charge is 0.398 e. The van der Waals surface area contributed by atoms with Crippen LogP contribution in [0.15, 0.2) is 24.3 Å². The number of aliphatic hydroxyl groups excluding tert-OH is 1. The molecule has 17 heavy (non-hydrogen) atoms. The number of hydrogen-bond acceptors (Lipinski definition) is 3. The fraction of sp³-hybridized carbons (Fsp3) is 0.571. The van der Waals surface area contributed by atoms with E-state index in [-0.39, 0.29) is 0 Å². The normalized spacial score (nSPS) is 18.4. The predicted octanol–water partition coefficient (Wildman–Crippen LogP) is 2.51. The first kappa shape index (κ1) is 12.4. The smallest absolute Gasteiger partial charge is 0.104 e. The molecule has 2 rings (SSSR count). The molecule has 0 aliphatic heterocycles. The number of rotatable bonds is 5. The summed E-state index contributed by atoms with van der Waals surface area (Å²) in [5, 5.41) is 9.97. The van der Waals surface area contributed by atoms with Crippen molar-refractivity contribution in [2.45, 2.75) is 31.8 Å². The van der Waals surface area contributed by atoms with Crippen LogP contribution in [0.1, 0.15) is 37.4 Å². The Kier molecular flexibility index (Phi) is 4.40. The summed E-state index contributed by atoms with van der Waals surface area (Å²) in [6, 6.07) is 7.39. The molecule has 3 nitrogen and oxygen atoms in total. The number of hydrogen-bond donors (Lipinski definition) is 2. The summed E-state index contributed by atoms with van der Waals surface area (Å²) in [7, 11) is 0. The van der Waals surface area contributed by atoms with Gasteiger partial charge in [0.1, 0.15) is 6.10 Å². The molecule has 1 aliphatic carbocycles. The highest BCUT2D eigenvalue weighted by Gasteiger charge is 2.16. The molecular formula is C14H21NO2. The Hall–Kier alpha value is -1.06. The Morgan fingerprint density at radius 3 is 2.71 bits per heavy atom. The fourth-order valence-electron chi connectivity index (χ4n) is 2.43. The van der Waals surface area contributed by atoms with Gasteiger partial charge >= 0.3 is 0 Å². The fourth-order valence-corrected chi connectivity index (χ4v) is 2.43. The first-order valence-electron chi connectivity index (χ1n) is 6.37. The minimum Gasteiger partial charge on any atom is -0.398 e. The number of nitrogens with two attached hydrogens (primary N) is 1. The molecule has 0 saturated heterocycles. The summed E-state index contributed by atoms with van der Waals surface area (Å²) in [6.45, 7) is 1.11. The Bertz CT molecular complexity index is 348. The maximum atomic E-state index is 9.97. The van der Waals surface area contributed by atoms with E-state index in [0.717, 1.165) is 12.2 Å². The molecule has 1 unspecified atom stereocenters. The van der Waals surface area contributed by atoms with E-state index in [0.29, 0.717) is 18.2 Å². The highest BCUT2D eigenvalue weighted by atomic mass is 16.5. The molecule has 0 bridgehead atoms. The number of ether oxygens (including phenoxy) is 1. The molecule has 3 N–H and O–H groups in total. The van der Waals surface area contributed by atoms with Crippen LogP contribution in [0.2, 0.25) is 0 Å². The van der Waals surface area contributed by atoms with Gasteiger partial charge in [-0.2, -0.15) is 0 Å². The third-order valence-corrected chi connectivity index (χ3v) is 3.46. The Labute approximate surface area is 103 Å². The third-order valence-electron chi connectivity index (χ3n) is 3.46. The second kappa shape index (κ2) is 6.03. The molecule has 94 valence electrons. The van der Waals surface area contributed by atoms with Crippen molar-refractivity contribution < 1.29 is 9.84 Å². The zero-order valence-corrected chi connectivity index (χ0v) is 10.1. The van der Waals surface area contributed by atoms with Gasteiger partial charge in [0.15, 0.2) is 0 Å². The van der Waals surface area contributed by atoms with Crippen molar-refractivity contribution in [2.75, 3.05) is 18.9 Å². The molecule has 0 aromatic heterocycles. The third kappa shape index (κ3) is 3.45. The molecule has 1 aromatic rings. The molecule has 1 aromatic carbocycles. The van der Waals surface area contributed by atoms with Gasteiger partial charge in [-0.1, -0.05) is 31.0 Å². The van der Waals surface area contributed by atoms with Gasteiger partial charge in [-0.3, -0.25) is 0 Å². The Balaban J connectivity index is 1.77. The van der Waals surface area contributed by atoms with E-state index < -0.39 is 6.10 Å². The summed E-state index contributed by atoms with van der Waals surface area (Å²) in [6.07, 6.45) is 4.56. The minimum atomic E-state index is -0.613. The minimum absolute atomic E-state index is 0.338. The van der Waals surface area contributed by atoms with E-state index in [1.165, 1.54) is 25.7 Å². The van der Waals surface area contributed by atoms with Crippen molar-refractivity contribution in [2.24, 2.45) is 5.92 Å². The average Bonchev–Trinajstić information content (AvgIpc) is 2.82. The van der Waals surface area contributed by atoms with Crippen LogP contribution in [0.25, 0.3) is 0 Å². The molecule has 3 heteroatoms. The summed E-state index contributed by atoms with van der Waals surface area (Å²) >= 11 is 0. The molecule has 0 heterocycles. The van der Waals surface area contributed by atoms with Crippen molar-refractivity contribution in [1.82, 2.24) is 0 Å². The maximum Gasteiger partial charge on any atom is 0.104 e. The van der Waals surface area contributed by atoms with Crippen molar-refractivity contribution in [1.29, 1.82) is 0 Å². The number of benzene rings is 1. The molecule has 1 atom stereocenters. The van der Waals surface area contributed by atoms with E-state index >= 15 is 0 Å². The van der Waals surface area contributed by atoms with Crippen LogP contribution in [-0.2, 0) is 4.74 Å². The van der Waals surface area contributed by atoms with Crippen LogP contribution in [0.3, 0.4) is 0 Å². The Morgan fingerprint density at radius 2 is 2.00 bits per heavy atom. The zero-order chi connectivity index (χ0) is 12.1. The van der Waals surface area contributed by atoms with Gasteiger partial charge in [0.2, 0.25) is 0 Å². The number of anilines is 1. The highest BCUT2D eigenvalue weighted by Crippen LogP contribution is 2.25. The van der Waals surface area contributed by atoms with Gasteiger partial charge in [0, 0.05) is 17.9 Å². The monoisotopic (exact) mass is 235 g/mol. The van der Waals surface area contributed by atoms with E-state index in [9.17, 15) is 5.11 Å². The van der Waals surface area contributed by atoms with Gasteiger partial charge in [-0.05, 0) is 24.8 Å². The van der Waals surface area contributed by atoms with Crippen LogP contribution < -0.4 is 5.73 Å². The molecule has 1 aliphatic rings. The van der Waals surface area contributed by atoms with Crippen molar-refractivity contribution in [3.05, 3.63) is 29.8 Å². The van der Waals surface area contributed by atoms with Crippen LogP contribution in [-0.4, -0.2) is 18.3 Å². The summed E-state index contributed by atoms with van der Waals surface area (Å²) in [5.41, 5.74) is 7.19. The van der Waals surface area contributed by atoms with Crippen LogP contribution in [0.5, 0.6) is 0 Å². The number of para-hydroxylation sites is 1. The Morgan fingerprint density at radius 1 is 1.29 bits per heavy atom. The van der Waals surface area contributed by atoms with Gasteiger partial charge in [0.25, 0.3) is 0 Å². The van der Waals surface area contributed by atoms with E-state index in [4.69, 9.17) is 10.5 Å². The van der Waals surface area contributed by atoms with Crippen LogP contribution in [0, 0.1) is 5.92 Å². The maximum absolute atomic E-state index is 9.97. The first-order chi connectivity index (χ1) is 8.27. The second-order valence-electron chi connectivity index (χ2n) is 4.83. The predicted molar refractivity (Wildman–Crippen MR) is 68.6 cm³/mol. The second-order valence-corrected chi connectivity index (χ2v) is 4.83. The highest BCUT2D eigenvalue weighted by molar-refractivity contribution is 5.47. The molecule has 1 saturated carbocycles. The zero-order valence-electron chi connectivity index (χ0n) is 10.1. The van der Waals surface area contributed by atoms with Crippen molar-refractivity contribution in [3.8, 4) is 0 Å². The van der Waals surface area contributed by atoms with Crippen molar-refractivity contribution >= 4 is 5.69 Å². The molecular weight excluding hydrogens is 214 g/mol. The standard InChI is InChI=1S/C14H21NO2/c15-13-8-4-3-7-12(13)14(16)10-17-9-11-5-1-2-6-11/h3-4,7-8,11,14,16H,1-2,5-6,9-10,15H2. The van der Waals surface area contributed by atoms with Crippen LogP contribution in [0.4, 0.5) is 5.69 Å². The van der Waals surface area contributed by atoms with Gasteiger partial charge in [-0.15, -0.1) is 0 Å². The summed E-state index contributed by atoms with van der Waals surface area (Å²) in [4.78, 5) is 0. The number of nitrogen functional groups attached to an aromatic ring is 1. The van der Waals surface area contributed by atoms with Crippen LogP contribution >= 0.6 is 0 Å². The molecule has 0 amide bonds. The lowest BCUT2D eigenvalue weighted by Gasteiger charge is -2.15. The quantitative estimate of drug-likeness (QED) is 0.771. The summed E-state index contributed by atoms with van der Waals surface area (Å²) in [5.74, 6) is 0.690. The lowest BCUT2D eigenvalue weighted by Crippen LogP contribution is -2.13. The summed E-state index contributed by atoms with van der Waals surface area (Å²) < 4.78 is 5.58. The molecule has 1 fully saturated rings.